The van der Waals surface area contributed by atoms with Crippen molar-refractivity contribution in [1.29, 1.82) is 0 Å². The van der Waals surface area contributed by atoms with Crippen LogP contribution in [0.25, 0.3) is 0 Å². The summed E-state index contributed by atoms with van der Waals surface area (Å²) in [7, 11) is 0. The zero-order valence-electron chi connectivity index (χ0n) is 14.2. The fraction of sp³-hybridized carbons (Fsp3) is 0.579. The summed E-state index contributed by atoms with van der Waals surface area (Å²) in [4.78, 5) is 1.95. The minimum absolute atomic E-state index is 0.115. The maximum absolute atomic E-state index is 10.5. The number of aliphatic hydroxyl groups excluding tert-OH is 1. The van der Waals surface area contributed by atoms with Gasteiger partial charge < -0.3 is 15.7 Å². The molecule has 4 atom stereocenters. The Hall–Kier alpha value is -1.32. The normalized spacial score (nSPS) is 27.0. The molecule has 0 aliphatic carbocycles. The van der Waals surface area contributed by atoms with Crippen LogP contribution in [-0.2, 0) is 0 Å². The van der Waals surface area contributed by atoms with Gasteiger partial charge in [-0.25, -0.2) is 0 Å². The van der Waals surface area contributed by atoms with Crippen LogP contribution in [0.5, 0.6) is 0 Å². The van der Waals surface area contributed by atoms with E-state index in [4.69, 9.17) is 5.73 Å². The van der Waals surface area contributed by atoms with Gasteiger partial charge in [0.15, 0.2) is 0 Å². The summed E-state index contributed by atoms with van der Waals surface area (Å²) in [5.41, 5.74) is 7.54. The summed E-state index contributed by atoms with van der Waals surface area (Å²) in [6.07, 6.45) is 5.66. The smallest absolute Gasteiger partial charge is 0.142 e. The van der Waals surface area contributed by atoms with Crippen LogP contribution in [0, 0.1) is 5.92 Å². The maximum atomic E-state index is 10.5. The quantitative estimate of drug-likeness (QED) is 0.895. The number of aliphatic hydroxyl groups is 1. The summed E-state index contributed by atoms with van der Waals surface area (Å²) in [6, 6.07) is 10.3. The molecule has 1 aromatic rings. The SMILES string of the molecule is C[C@@H](CCC1C=CN(C(C)(C)C)[C@H](O)C1N)c1ccccc1. The first kappa shape index (κ1) is 17.0. The average molecular weight is 302 g/mol. The fourth-order valence-electron chi connectivity index (χ4n) is 3.13. The van der Waals surface area contributed by atoms with Crippen molar-refractivity contribution in [2.45, 2.75) is 64.3 Å². The molecule has 2 unspecified atom stereocenters. The van der Waals surface area contributed by atoms with Crippen LogP contribution in [0.15, 0.2) is 42.6 Å². The van der Waals surface area contributed by atoms with Crippen molar-refractivity contribution < 1.29 is 5.11 Å². The van der Waals surface area contributed by atoms with Crippen molar-refractivity contribution in [2.24, 2.45) is 11.7 Å². The van der Waals surface area contributed by atoms with Crippen LogP contribution in [0.1, 0.15) is 52.0 Å². The molecule has 0 spiro atoms. The monoisotopic (exact) mass is 302 g/mol. The predicted molar refractivity (Wildman–Crippen MR) is 92.3 cm³/mol. The van der Waals surface area contributed by atoms with E-state index in [2.05, 4.69) is 58.0 Å². The van der Waals surface area contributed by atoms with Gasteiger partial charge in [-0.15, -0.1) is 0 Å². The first-order valence-corrected chi connectivity index (χ1v) is 8.26. The second kappa shape index (κ2) is 6.84. The van der Waals surface area contributed by atoms with E-state index >= 15 is 0 Å². The minimum Gasteiger partial charge on any atom is -0.372 e. The molecule has 0 saturated heterocycles. The van der Waals surface area contributed by atoms with Crippen LogP contribution >= 0.6 is 0 Å². The summed E-state index contributed by atoms with van der Waals surface area (Å²) in [5.74, 6) is 0.749. The van der Waals surface area contributed by atoms with E-state index < -0.39 is 6.23 Å². The lowest BCUT2D eigenvalue weighted by atomic mass is 9.85. The van der Waals surface area contributed by atoms with E-state index in [1.807, 2.05) is 17.2 Å². The number of hydrogen-bond acceptors (Lipinski definition) is 3. The number of benzene rings is 1. The fourth-order valence-corrected chi connectivity index (χ4v) is 3.13. The maximum Gasteiger partial charge on any atom is 0.142 e. The van der Waals surface area contributed by atoms with E-state index in [1.54, 1.807) is 0 Å². The van der Waals surface area contributed by atoms with Gasteiger partial charge in [-0.3, -0.25) is 0 Å². The Morgan fingerprint density at radius 3 is 2.45 bits per heavy atom. The molecule has 2 rings (SSSR count). The van der Waals surface area contributed by atoms with Gasteiger partial charge in [0.2, 0.25) is 0 Å². The molecular weight excluding hydrogens is 272 g/mol. The number of hydrogen-bond donors (Lipinski definition) is 2. The Morgan fingerprint density at radius 2 is 1.86 bits per heavy atom. The van der Waals surface area contributed by atoms with Crippen LogP contribution < -0.4 is 5.73 Å². The lowest BCUT2D eigenvalue weighted by Gasteiger charge is -2.45. The number of nitrogens with zero attached hydrogens (tertiary/aromatic N) is 1. The van der Waals surface area contributed by atoms with E-state index in [-0.39, 0.29) is 17.5 Å². The van der Waals surface area contributed by atoms with Crippen molar-refractivity contribution >= 4 is 0 Å². The molecule has 0 saturated carbocycles. The van der Waals surface area contributed by atoms with Crippen LogP contribution in [-0.4, -0.2) is 27.8 Å². The lowest BCUT2D eigenvalue weighted by Crippen LogP contribution is -2.57. The highest BCUT2D eigenvalue weighted by molar-refractivity contribution is 5.18. The highest BCUT2D eigenvalue weighted by atomic mass is 16.3. The summed E-state index contributed by atoms with van der Waals surface area (Å²) < 4.78 is 0. The van der Waals surface area contributed by atoms with E-state index in [0.29, 0.717) is 5.92 Å². The molecule has 1 aromatic carbocycles. The summed E-state index contributed by atoms with van der Waals surface area (Å²) >= 11 is 0. The molecular formula is C19H30N2O. The predicted octanol–water partition coefficient (Wildman–Crippen LogP) is 3.46. The largest absolute Gasteiger partial charge is 0.372 e. The molecule has 0 radical (unpaired) electrons. The summed E-state index contributed by atoms with van der Waals surface area (Å²) in [5, 5.41) is 10.5. The Kier molecular flexibility index (Phi) is 5.30. The van der Waals surface area contributed by atoms with E-state index in [1.165, 1.54) is 5.56 Å². The van der Waals surface area contributed by atoms with Crippen LogP contribution in [0.4, 0.5) is 0 Å². The highest BCUT2D eigenvalue weighted by Gasteiger charge is 2.35. The van der Waals surface area contributed by atoms with Gasteiger partial charge >= 0.3 is 0 Å². The number of nitrogens with two attached hydrogens (primary N) is 1. The van der Waals surface area contributed by atoms with Crippen molar-refractivity contribution in [3.63, 3.8) is 0 Å². The van der Waals surface area contributed by atoms with Crippen LogP contribution in [0.3, 0.4) is 0 Å². The van der Waals surface area contributed by atoms with Crippen molar-refractivity contribution in [2.75, 3.05) is 0 Å². The molecule has 1 aliphatic rings. The van der Waals surface area contributed by atoms with Gasteiger partial charge in [0, 0.05) is 5.54 Å². The van der Waals surface area contributed by atoms with Crippen molar-refractivity contribution in [3.05, 3.63) is 48.2 Å². The molecule has 0 aromatic heterocycles. The zero-order valence-corrected chi connectivity index (χ0v) is 14.2. The lowest BCUT2D eigenvalue weighted by molar-refractivity contribution is -0.0487. The topological polar surface area (TPSA) is 49.5 Å². The minimum atomic E-state index is -0.609. The molecule has 3 nitrogen and oxygen atoms in total. The Labute approximate surface area is 134 Å². The molecule has 0 bridgehead atoms. The van der Waals surface area contributed by atoms with Gasteiger partial charge in [0.05, 0.1) is 6.04 Å². The zero-order chi connectivity index (χ0) is 16.3. The molecule has 1 aliphatic heterocycles. The molecule has 0 amide bonds. The van der Waals surface area contributed by atoms with Gasteiger partial charge in [0.1, 0.15) is 6.23 Å². The van der Waals surface area contributed by atoms with Gasteiger partial charge in [0.25, 0.3) is 0 Å². The van der Waals surface area contributed by atoms with Crippen molar-refractivity contribution in [3.8, 4) is 0 Å². The van der Waals surface area contributed by atoms with Gasteiger partial charge in [-0.2, -0.15) is 0 Å². The van der Waals surface area contributed by atoms with Gasteiger partial charge in [-0.05, 0) is 57.2 Å². The first-order chi connectivity index (χ1) is 10.3. The number of rotatable bonds is 4. The second-order valence-corrected chi connectivity index (χ2v) is 7.46. The average Bonchev–Trinajstić information content (AvgIpc) is 2.48. The molecule has 122 valence electrons. The third-order valence-electron chi connectivity index (χ3n) is 4.69. The standard InChI is InChI=1S/C19H30N2O/c1-14(15-8-6-5-7-9-15)10-11-16-12-13-21(19(2,3)4)18(22)17(16)20/h5-9,12-14,16-18,22H,10-11,20H2,1-4H3/t14-,16?,17?,18+/m0/s1. The molecule has 3 N–H and O–H groups in total. The molecule has 1 heterocycles. The Balaban J connectivity index is 1.97. The molecule has 22 heavy (non-hydrogen) atoms. The van der Waals surface area contributed by atoms with E-state index in [0.717, 1.165) is 12.8 Å². The Morgan fingerprint density at radius 1 is 1.23 bits per heavy atom. The summed E-state index contributed by atoms with van der Waals surface area (Å²) in [6.45, 7) is 8.52. The third kappa shape index (κ3) is 3.90. The molecule has 0 fully saturated rings. The van der Waals surface area contributed by atoms with Crippen molar-refractivity contribution in [1.82, 2.24) is 4.90 Å². The molecule has 3 heteroatoms. The highest BCUT2D eigenvalue weighted by Crippen LogP contribution is 2.30. The Bertz CT molecular complexity index is 492. The van der Waals surface area contributed by atoms with E-state index in [9.17, 15) is 5.11 Å². The second-order valence-electron chi connectivity index (χ2n) is 7.46. The third-order valence-corrected chi connectivity index (χ3v) is 4.69. The van der Waals surface area contributed by atoms with Gasteiger partial charge in [-0.1, -0.05) is 43.3 Å². The van der Waals surface area contributed by atoms with Crippen LogP contribution in [0.2, 0.25) is 0 Å². The first-order valence-electron chi connectivity index (χ1n) is 8.26.